The largest absolute Gasteiger partial charge is 0.392 e. The summed E-state index contributed by atoms with van der Waals surface area (Å²) in [7, 11) is 0. The fourth-order valence-corrected chi connectivity index (χ4v) is 3.57. The van der Waals surface area contributed by atoms with E-state index < -0.39 is 0 Å². The van der Waals surface area contributed by atoms with Gasteiger partial charge in [0.15, 0.2) is 5.82 Å². The summed E-state index contributed by atoms with van der Waals surface area (Å²) in [5.74, 6) is 2.41. The molecule has 3 rings (SSSR count). The Bertz CT molecular complexity index is 393. The number of hydrogen-bond acceptors (Lipinski definition) is 4. The minimum absolute atomic E-state index is 0.304. The van der Waals surface area contributed by atoms with Gasteiger partial charge in [-0.05, 0) is 31.6 Å². The van der Waals surface area contributed by atoms with Gasteiger partial charge in [0.05, 0.1) is 12.5 Å². The second kappa shape index (κ2) is 6.04. The fourth-order valence-electron chi connectivity index (χ4n) is 3.57. The molecule has 2 fully saturated rings. The maximum atomic E-state index is 10.2. The predicted octanol–water partition coefficient (Wildman–Crippen LogP) is 3.21. The van der Waals surface area contributed by atoms with Gasteiger partial charge in [0, 0.05) is 5.92 Å². The second-order valence-electron chi connectivity index (χ2n) is 6.20. The highest BCUT2D eigenvalue weighted by molar-refractivity contribution is 4.98. The Labute approximate surface area is 114 Å². The molecule has 0 saturated heterocycles. The molecule has 1 aromatic rings. The van der Waals surface area contributed by atoms with Crippen LogP contribution in [0.25, 0.3) is 0 Å². The SMILES string of the molecule is OC(Cc1nc(C2CCCCC2)no1)C1CCCC1. The van der Waals surface area contributed by atoms with Crippen LogP contribution in [0.3, 0.4) is 0 Å². The van der Waals surface area contributed by atoms with Crippen LogP contribution >= 0.6 is 0 Å². The van der Waals surface area contributed by atoms with E-state index >= 15 is 0 Å². The molecule has 0 spiro atoms. The van der Waals surface area contributed by atoms with Gasteiger partial charge >= 0.3 is 0 Å². The quantitative estimate of drug-likeness (QED) is 0.907. The summed E-state index contributed by atoms with van der Waals surface area (Å²) in [6.45, 7) is 0. The molecular weight excluding hydrogens is 240 g/mol. The molecule has 1 atom stereocenters. The standard InChI is InChI=1S/C15H24N2O2/c18-13(11-6-4-5-7-11)10-14-16-15(17-19-14)12-8-2-1-3-9-12/h11-13,18H,1-10H2. The molecular formula is C15H24N2O2. The van der Waals surface area contributed by atoms with Crippen LogP contribution in [0.4, 0.5) is 0 Å². The highest BCUT2D eigenvalue weighted by Gasteiger charge is 2.26. The first-order chi connectivity index (χ1) is 9.33. The third-order valence-corrected chi connectivity index (χ3v) is 4.78. The van der Waals surface area contributed by atoms with Crippen LogP contribution in [0.15, 0.2) is 4.52 Å². The van der Waals surface area contributed by atoms with E-state index in [0.717, 1.165) is 18.7 Å². The molecule has 2 saturated carbocycles. The molecule has 4 heteroatoms. The van der Waals surface area contributed by atoms with E-state index in [0.29, 0.717) is 24.1 Å². The summed E-state index contributed by atoms with van der Waals surface area (Å²) in [6, 6.07) is 0. The smallest absolute Gasteiger partial charge is 0.229 e. The van der Waals surface area contributed by atoms with Gasteiger partial charge in [0.1, 0.15) is 0 Å². The minimum Gasteiger partial charge on any atom is -0.392 e. The van der Waals surface area contributed by atoms with Crippen molar-refractivity contribution >= 4 is 0 Å². The number of aliphatic hydroxyl groups excluding tert-OH is 1. The molecule has 1 aromatic heterocycles. The molecule has 0 amide bonds. The molecule has 0 aliphatic heterocycles. The van der Waals surface area contributed by atoms with Crippen molar-refractivity contribution in [3.05, 3.63) is 11.7 Å². The first-order valence-electron chi connectivity index (χ1n) is 7.83. The maximum Gasteiger partial charge on any atom is 0.229 e. The molecule has 1 heterocycles. The van der Waals surface area contributed by atoms with Gasteiger partial charge in [0.2, 0.25) is 5.89 Å². The Kier molecular flexibility index (Phi) is 4.16. The van der Waals surface area contributed by atoms with E-state index in [1.165, 1.54) is 44.9 Å². The lowest BCUT2D eigenvalue weighted by molar-refractivity contribution is 0.102. The van der Waals surface area contributed by atoms with Crippen LogP contribution in [0, 0.1) is 5.92 Å². The first kappa shape index (κ1) is 13.1. The van der Waals surface area contributed by atoms with Crippen molar-refractivity contribution in [2.45, 2.75) is 76.2 Å². The van der Waals surface area contributed by atoms with Crippen molar-refractivity contribution in [2.75, 3.05) is 0 Å². The van der Waals surface area contributed by atoms with Gasteiger partial charge in [-0.15, -0.1) is 0 Å². The highest BCUT2D eigenvalue weighted by atomic mass is 16.5. The molecule has 0 radical (unpaired) electrons. The lowest BCUT2D eigenvalue weighted by Gasteiger charge is -2.17. The van der Waals surface area contributed by atoms with Gasteiger partial charge in [0.25, 0.3) is 0 Å². The molecule has 19 heavy (non-hydrogen) atoms. The Morgan fingerprint density at radius 2 is 1.74 bits per heavy atom. The Morgan fingerprint density at radius 3 is 2.47 bits per heavy atom. The number of hydrogen-bond donors (Lipinski definition) is 1. The van der Waals surface area contributed by atoms with E-state index in [1.807, 2.05) is 0 Å². The number of rotatable bonds is 4. The Morgan fingerprint density at radius 1 is 1.05 bits per heavy atom. The van der Waals surface area contributed by atoms with E-state index in [4.69, 9.17) is 4.52 Å². The number of aromatic nitrogens is 2. The van der Waals surface area contributed by atoms with Crippen LogP contribution in [0.5, 0.6) is 0 Å². The third kappa shape index (κ3) is 3.16. The monoisotopic (exact) mass is 264 g/mol. The predicted molar refractivity (Wildman–Crippen MR) is 71.8 cm³/mol. The molecule has 1 N–H and O–H groups in total. The second-order valence-corrected chi connectivity index (χ2v) is 6.20. The molecule has 1 unspecified atom stereocenters. The third-order valence-electron chi connectivity index (χ3n) is 4.78. The van der Waals surface area contributed by atoms with Crippen molar-refractivity contribution in [3.63, 3.8) is 0 Å². The van der Waals surface area contributed by atoms with Gasteiger partial charge in [-0.3, -0.25) is 0 Å². The minimum atomic E-state index is -0.304. The Hall–Kier alpha value is -0.900. The van der Waals surface area contributed by atoms with Gasteiger partial charge in [-0.1, -0.05) is 37.3 Å². The van der Waals surface area contributed by atoms with E-state index in [1.54, 1.807) is 0 Å². The van der Waals surface area contributed by atoms with Crippen LogP contribution < -0.4 is 0 Å². The molecule has 4 nitrogen and oxygen atoms in total. The lowest BCUT2D eigenvalue weighted by Crippen LogP contribution is -2.20. The zero-order valence-electron chi connectivity index (χ0n) is 11.6. The van der Waals surface area contributed by atoms with Crippen molar-refractivity contribution in [2.24, 2.45) is 5.92 Å². The molecule has 106 valence electrons. The zero-order valence-corrected chi connectivity index (χ0v) is 11.6. The summed E-state index contributed by atoms with van der Waals surface area (Å²) in [5.41, 5.74) is 0. The summed E-state index contributed by atoms with van der Waals surface area (Å²) in [5, 5.41) is 14.3. The normalized spacial score (nSPS) is 23.8. The van der Waals surface area contributed by atoms with Crippen LogP contribution in [0.1, 0.15) is 75.4 Å². The number of aliphatic hydroxyl groups is 1. The lowest BCUT2D eigenvalue weighted by atomic mass is 9.89. The van der Waals surface area contributed by atoms with E-state index in [2.05, 4.69) is 10.1 Å². The summed E-state index contributed by atoms with van der Waals surface area (Å²) in [4.78, 5) is 4.51. The average Bonchev–Trinajstić information content (AvgIpc) is 3.11. The summed E-state index contributed by atoms with van der Waals surface area (Å²) in [6.07, 6.45) is 11.3. The van der Waals surface area contributed by atoms with Crippen LogP contribution in [-0.4, -0.2) is 21.4 Å². The molecule has 2 aliphatic rings. The summed E-state index contributed by atoms with van der Waals surface area (Å²) >= 11 is 0. The van der Waals surface area contributed by atoms with Crippen molar-refractivity contribution < 1.29 is 9.63 Å². The van der Waals surface area contributed by atoms with Gasteiger partial charge < -0.3 is 9.63 Å². The molecule has 0 aromatic carbocycles. The fraction of sp³-hybridized carbons (Fsp3) is 0.867. The van der Waals surface area contributed by atoms with Gasteiger partial charge in [-0.25, -0.2) is 0 Å². The Balaban J connectivity index is 1.57. The van der Waals surface area contributed by atoms with E-state index in [9.17, 15) is 5.11 Å². The molecule has 2 aliphatic carbocycles. The number of nitrogens with zero attached hydrogens (tertiary/aromatic N) is 2. The van der Waals surface area contributed by atoms with Crippen molar-refractivity contribution in [3.8, 4) is 0 Å². The van der Waals surface area contributed by atoms with E-state index in [-0.39, 0.29) is 6.10 Å². The topological polar surface area (TPSA) is 59.2 Å². The highest BCUT2D eigenvalue weighted by Crippen LogP contribution is 2.32. The van der Waals surface area contributed by atoms with Gasteiger partial charge in [-0.2, -0.15) is 4.98 Å². The maximum absolute atomic E-state index is 10.2. The van der Waals surface area contributed by atoms with Crippen molar-refractivity contribution in [1.82, 2.24) is 10.1 Å². The first-order valence-corrected chi connectivity index (χ1v) is 7.83. The zero-order chi connectivity index (χ0) is 13.1. The van der Waals surface area contributed by atoms with Crippen molar-refractivity contribution in [1.29, 1.82) is 0 Å². The molecule has 0 bridgehead atoms. The average molecular weight is 264 g/mol. The van der Waals surface area contributed by atoms with Crippen LogP contribution in [0.2, 0.25) is 0 Å². The van der Waals surface area contributed by atoms with Crippen LogP contribution in [-0.2, 0) is 6.42 Å². The summed E-state index contributed by atoms with van der Waals surface area (Å²) < 4.78 is 5.33.